The van der Waals surface area contributed by atoms with Crippen LogP contribution in [0, 0.1) is 5.92 Å². The molecule has 1 heterocycles. The van der Waals surface area contributed by atoms with Gasteiger partial charge in [0.1, 0.15) is 5.82 Å². The molecule has 3 unspecified atom stereocenters. The van der Waals surface area contributed by atoms with Gasteiger partial charge in [0.2, 0.25) is 5.13 Å². The largest absolute Gasteiger partial charge is 0.394 e. The highest BCUT2D eigenvalue weighted by atomic mass is 32.1. The van der Waals surface area contributed by atoms with Crippen LogP contribution in [0.5, 0.6) is 0 Å². The maximum Gasteiger partial charge on any atom is 0.202 e. The zero-order chi connectivity index (χ0) is 13.9. The molecule has 1 aromatic heterocycles. The Bertz CT molecular complexity index is 436. The van der Waals surface area contributed by atoms with E-state index in [1.165, 1.54) is 30.8 Å². The maximum atomic E-state index is 9.68. The number of hydrogen-bond acceptors (Lipinski definition) is 6. The molecule has 2 aliphatic carbocycles. The Hall–Kier alpha value is -0.720. The molecule has 112 valence electrons. The summed E-state index contributed by atoms with van der Waals surface area (Å²) in [5.74, 6) is 2.02. The average molecular weight is 297 g/mol. The summed E-state index contributed by atoms with van der Waals surface area (Å²) in [6, 6.07) is 0.0629. The van der Waals surface area contributed by atoms with Crippen LogP contribution in [0.3, 0.4) is 0 Å². The molecule has 2 N–H and O–H groups in total. The van der Waals surface area contributed by atoms with Gasteiger partial charge in [-0.25, -0.2) is 4.98 Å². The molecule has 0 saturated heterocycles. The van der Waals surface area contributed by atoms with Crippen LogP contribution < -0.4 is 5.32 Å². The second kappa shape index (κ2) is 6.37. The van der Waals surface area contributed by atoms with Crippen molar-refractivity contribution in [2.24, 2.45) is 5.92 Å². The Morgan fingerprint density at radius 3 is 2.95 bits per heavy atom. The summed E-state index contributed by atoms with van der Waals surface area (Å²) in [5, 5.41) is 13.9. The number of nitrogens with one attached hydrogen (secondary N) is 1. The van der Waals surface area contributed by atoms with Gasteiger partial charge in [0.15, 0.2) is 0 Å². The van der Waals surface area contributed by atoms with Crippen molar-refractivity contribution in [2.75, 3.05) is 19.0 Å². The summed E-state index contributed by atoms with van der Waals surface area (Å²) in [7, 11) is 1.78. The van der Waals surface area contributed by atoms with Gasteiger partial charge in [-0.2, -0.15) is 4.37 Å². The van der Waals surface area contributed by atoms with E-state index < -0.39 is 0 Å². The standard InChI is InChI=1S/C14H23N3O2S/c1-19-11-4-2-3-10(7-11)12(8-18)15-14-16-13(17-20-14)9-5-6-9/h9-12,18H,2-8H2,1H3,(H,15,16,17). The van der Waals surface area contributed by atoms with Crippen molar-refractivity contribution in [3.8, 4) is 0 Å². The van der Waals surface area contributed by atoms with Crippen LogP contribution in [0.1, 0.15) is 50.3 Å². The number of nitrogens with zero attached hydrogens (tertiary/aromatic N) is 2. The Labute approximate surface area is 123 Å². The summed E-state index contributed by atoms with van der Waals surface area (Å²) < 4.78 is 9.88. The van der Waals surface area contributed by atoms with Crippen molar-refractivity contribution in [1.29, 1.82) is 0 Å². The fraction of sp³-hybridized carbons (Fsp3) is 0.857. The topological polar surface area (TPSA) is 67.3 Å². The molecule has 0 amide bonds. The van der Waals surface area contributed by atoms with E-state index in [-0.39, 0.29) is 12.6 Å². The third kappa shape index (κ3) is 3.30. The van der Waals surface area contributed by atoms with E-state index in [1.807, 2.05) is 0 Å². The number of aliphatic hydroxyl groups excluding tert-OH is 1. The van der Waals surface area contributed by atoms with E-state index in [2.05, 4.69) is 14.7 Å². The number of hydrogen-bond donors (Lipinski definition) is 2. The number of anilines is 1. The highest BCUT2D eigenvalue weighted by Gasteiger charge is 2.30. The van der Waals surface area contributed by atoms with E-state index in [0.717, 1.165) is 30.2 Å². The normalized spacial score (nSPS) is 28.3. The van der Waals surface area contributed by atoms with Gasteiger partial charge in [0, 0.05) is 24.6 Å². The Morgan fingerprint density at radius 1 is 1.40 bits per heavy atom. The van der Waals surface area contributed by atoms with Gasteiger partial charge in [-0.15, -0.1) is 0 Å². The van der Waals surface area contributed by atoms with Crippen LogP contribution in [0.4, 0.5) is 5.13 Å². The van der Waals surface area contributed by atoms with Gasteiger partial charge in [-0.1, -0.05) is 6.42 Å². The highest BCUT2D eigenvalue weighted by molar-refractivity contribution is 7.09. The van der Waals surface area contributed by atoms with Gasteiger partial charge in [-0.3, -0.25) is 0 Å². The lowest BCUT2D eigenvalue weighted by atomic mass is 9.82. The molecular weight excluding hydrogens is 274 g/mol. The Morgan fingerprint density at radius 2 is 2.25 bits per heavy atom. The molecule has 0 aliphatic heterocycles. The van der Waals surface area contributed by atoms with Crippen molar-refractivity contribution in [1.82, 2.24) is 9.36 Å². The zero-order valence-corrected chi connectivity index (χ0v) is 12.7. The molecule has 3 atom stereocenters. The van der Waals surface area contributed by atoms with Crippen LogP contribution in [-0.4, -0.2) is 40.3 Å². The van der Waals surface area contributed by atoms with E-state index in [1.54, 1.807) is 7.11 Å². The SMILES string of the molecule is COC1CCCC(C(CO)Nc2nc(C3CC3)ns2)C1. The van der Waals surface area contributed by atoms with Crippen molar-refractivity contribution < 1.29 is 9.84 Å². The second-order valence-electron chi connectivity index (χ2n) is 5.95. The van der Waals surface area contributed by atoms with E-state index in [9.17, 15) is 5.11 Å². The van der Waals surface area contributed by atoms with E-state index in [0.29, 0.717) is 17.9 Å². The van der Waals surface area contributed by atoms with Crippen LogP contribution in [0.15, 0.2) is 0 Å². The van der Waals surface area contributed by atoms with Crippen LogP contribution in [0.2, 0.25) is 0 Å². The van der Waals surface area contributed by atoms with Crippen LogP contribution >= 0.6 is 11.5 Å². The molecule has 1 aromatic rings. The molecule has 2 fully saturated rings. The predicted octanol–water partition coefficient (Wildman–Crippen LogP) is 2.39. The highest BCUT2D eigenvalue weighted by Crippen LogP contribution is 2.39. The third-order valence-electron chi connectivity index (χ3n) is 4.46. The van der Waals surface area contributed by atoms with Crippen LogP contribution in [0.25, 0.3) is 0 Å². The Balaban J connectivity index is 1.60. The quantitative estimate of drug-likeness (QED) is 0.844. The zero-order valence-electron chi connectivity index (χ0n) is 11.9. The van der Waals surface area contributed by atoms with Gasteiger partial charge in [0.25, 0.3) is 0 Å². The Kier molecular flexibility index (Phi) is 4.53. The first-order valence-corrected chi connectivity index (χ1v) is 8.31. The van der Waals surface area contributed by atoms with Crippen molar-refractivity contribution >= 4 is 16.7 Å². The molecular formula is C14H23N3O2S. The van der Waals surface area contributed by atoms with E-state index >= 15 is 0 Å². The third-order valence-corrected chi connectivity index (χ3v) is 5.12. The monoisotopic (exact) mass is 297 g/mol. The first-order chi connectivity index (χ1) is 9.80. The number of aromatic nitrogens is 2. The van der Waals surface area contributed by atoms with Gasteiger partial charge in [0.05, 0.1) is 18.8 Å². The molecule has 20 heavy (non-hydrogen) atoms. The van der Waals surface area contributed by atoms with Crippen molar-refractivity contribution in [3.63, 3.8) is 0 Å². The summed E-state index contributed by atoms with van der Waals surface area (Å²) in [4.78, 5) is 4.55. The van der Waals surface area contributed by atoms with E-state index in [4.69, 9.17) is 4.74 Å². The molecule has 5 nitrogen and oxygen atoms in total. The average Bonchev–Trinajstić information content (AvgIpc) is 3.24. The summed E-state index contributed by atoms with van der Waals surface area (Å²) >= 11 is 1.42. The van der Waals surface area contributed by atoms with Crippen molar-refractivity contribution in [2.45, 2.75) is 56.6 Å². The molecule has 0 bridgehead atoms. The molecule has 0 radical (unpaired) electrons. The maximum absolute atomic E-state index is 9.68. The molecule has 0 aromatic carbocycles. The van der Waals surface area contributed by atoms with Gasteiger partial charge < -0.3 is 15.2 Å². The van der Waals surface area contributed by atoms with Crippen LogP contribution in [-0.2, 0) is 4.74 Å². The molecule has 2 aliphatic rings. The molecule has 6 heteroatoms. The predicted molar refractivity (Wildman–Crippen MR) is 79.1 cm³/mol. The molecule has 2 saturated carbocycles. The smallest absolute Gasteiger partial charge is 0.202 e. The molecule has 3 rings (SSSR count). The fourth-order valence-electron chi connectivity index (χ4n) is 3.03. The van der Waals surface area contributed by atoms with Crippen molar-refractivity contribution in [3.05, 3.63) is 5.82 Å². The first kappa shape index (κ1) is 14.2. The second-order valence-corrected chi connectivity index (χ2v) is 6.70. The number of rotatable bonds is 6. The van der Waals surface area contributed by atoms with Gasteiger partial charge in [-0.05, 0) is 38.0 Å². The lowest BCUT2D eigenvalue weighted by Crippen LogP contribution is -2.37. The lowest BCUT2D eigenvalue weighted by Gasteiger charge is -2.33. The minimum Gasteiger partial charge on any atom is -0.394 e. The fourth-order valence-corrected chi connectivity index (χ4v) is 3.74. The molecule has 0 spiro atoms. The first-order valence-electron chi connectivity index (χ1n) is 7.54. The summed E-state index contributed by atoms with van der Waals surface area (Å²) in [6.45, 7) is 0.138. The minimum absolute atomic E-state index is 0.0629. The summed E-state index contributed by atoms with van der Waals surface area (Å²) in [6.07, 6.45) is 7.24. The number of methoxy groups -OCH3 is 1. The lowest BCUT2D eigenvalue weighted by molar-refractivity contribution is 0.0420. The van der Waals surface area contributed by atoms with Gasteiger partial charge >= 0.3 is 0 Å². The number of ether oxygens (including phenoxy) is 1. The number of aliphatic hydroxyl groups is 1. The summed E-state index contributed by atoms with van der Waals surface area (Å²) in [5.41, 5.74) is 0. The minimum atomic E-state index is 0.0629.